The van der Waals surface area contributed by atoms with Gasteiger partial charge in [-0.2, -0.15) is 5.10 Å². The maximum absolute atomic E-state index is 10.8. The van der Waals surface area contributed by atoms with Gasteiger partial charge in [0.15, 0.2) is 17.4 Å². The number of anilines is 1. The summed E-state index contributed by atoms with van der Waals surface area (Å²) in [5, 5.41) is 30.8. The smallest absolute Gasteiger partial charge is 0.271 e. The van der Waals surface area contributed by atoms with Crippen LogP contribution in [0.15, 0.2) is 33.5 Å². The molecular formula is C10H11N7O3. The summed E-state index contributed by atoms with van der Waals surface area (Å²) in [4.78, 5) is 10.2. The number of benzene rings is 1. The first-order valence-corrected chi connectivity index (χ1v) is 5.41. The molecule has 6 N–H and O–H groups in total. The van der Waals surface area contributed by atoms with Crippen LogP contribution in [0.25, 0.3) is 0 Å². The van der Waals surface area contributed by atoms with E-state index in [9.17, 15) is 10.1 Å². The van der Waals surface area contributed by atoms with Crippen LogP contribution in [0.3, 0.4) is 0 Å². The van der Waals surface area contributed by atoms with Crippen LogP contribution < -0.4 is 16.9 Å². The van der Waals surface area contributed by atoms with Crippen LogP contribution >= 0.6 is 0 Å². The number of nitrogens with one attached hydrogen (secondary N) is 1. The molecule has 0 spiro atoms. The Kier molecular flexibility index (Phi) is 3.57. The summed E-state index contributed by atoms with van der Waals surface area (Å²) in [6, 6.07) is 4.03. The highest BCUT2D eigenvalue weighted by Crippen LogP contribution is 2.21. The Morgan fingerprint density at radius 2 is 1.95 bits per heavy atom. The fraction of sp³-hybridized carbons (Fsp3) is 0.100. The molecule has 1 aromatic carbocycles. The molecule has 0 atom stereocenters. The molecule has 0 fully saturated rings. The van der Waals surface area contributed by atoms with Gasteiger partial charge in [0.1, 0.15) is 0 Å². The molecule has 10 nitrogen and oxygen atoms in total. The van der Waals surface area contributed by atoms with Crippen molar-refractivity contribution in [3.8, 4) is 0 Å². The van der Waals surface area contributed by atoms with Gasteiger partial charge < -0.3 is 16.6 Å². The Balaban J connectivity index is 2.28. The van der Waals surface area contributed by atoms with Gasteiger partial charge in [0.25, 0.3) is 5.69 Å². The second kappa shape index (κ2) is 5.32. The number of nitro groups is 1. The van der Waals surface area contributed by atoms with Crippen molar-refractivity contribution in [3.05, 3.63) is 33.9 Å². The van der Waals surface area contributed by atoms with Crippen molar-refractivity contribution in [3.63, 3.8) is 0 Å². The first-order chi connectivity index (χ1) is 9.51. The predicted octanol–water partition coefficient (Wildman–Crippen LogP) is -0.502. The van der Waals surface area contributed by atoms with Crippen molar-refractivity contribution in [1.29, 1.82) is 0 Å². The quantitative estimate of drug-likeness (QED) is 0.427. The number of nitrogens with two attached hydrogens (primary N) is 2. The average molecular weight is 277 g/mol. The molecule has 0 saturated carbocycles. The molecule has 1 aromatic rings. The summed E-state index contributed by atoms with van der Waals surface area (Å²) in [6.07, 6.45) is 0. The second-order valence-electron chi connectivity index (χ2n) is 3.85. The number of hydrogen-bond acceptors (Lipinski definition) is 9. The van der Waals surface area contributed by atoms with Crippen LogP contribution in [-0.2, 0) is 6.61 Å². The zero-order valence-corrected chi connectivity index (χ0v) is 10.1. The molecule has 1 aliphatic rings. The monoisotopic (exact) mass is 277 g/mol. The van der Waals surface area contributed by atoms with Crippen molar-refractivity contribution < 1.29 is 10.0 Å². The number of hydrogen-bond donors (Lipinski definition) is 4. The lowest BCUT2D eigenvalue weighted by atomic mass is 10.2. The summed E-state index contributed by atoms with van der Waals surface area (Å²) in [5.74, 6) is 0.0885. The number of amidine groups is 2. The van der Waals surface area contributed by atoms with Gasteiger partial charge in [-0.25, -0.2) is 0 Å². The summed E-state index contributed by atoms with van der Waals surface area (Å²) in [6.45, 7) is -0.333. The zero-order chi connectivity index (χ0) is 14.7. The third-order valence-electron chi connectivity index (χ3n) is 2.42. The van der Waals surface area contributed by atoms with E-state index in [0.29, 0.717) is 11.3 Å². The lowest BCUT2D eigenvalue weighted by Crippen LogP contribution is -2.32. The lowest BCUT2D eigenvalue weighted by Gasteiger charge is -2.04. The number of hydrazone groups is 1. The number of rotatable bonds is 4. The standard InChI is InChI=1S/C10H11N7O3/c11-9-8(10(12)16-15-9)14-13-6-1-5(4-18)2-7(3-6)17(19)20/h1-3,13,18H,4H2,(H4,11,12,14,15,16). The molecule has 10 heteroatoms. The number of aliphatic hydroxyl groups excluding tert-OH is 1. The molecule has 1 aliphatic heterocycles. The van der Waals surface area contributed by atoms with Crippen molar-refractivity contribution >= 4 is 28.8 Å². The van der Waals surface area contributed by atoms with E-state index < -0.39 is 4.92 Å². The highest BCUT2D eigenvalue weighted by atomic mass is 16.6. The van der Waals surface area contributed by atoms with Crippen LogP contribution in [0.5, 0.6) is 0 Å². The second-order valence-corrected chi connectivity index (χ2v) is 3.85. The molecule has 0 bridgehead atoms. The van der Waals surface area contributed by atoms with Gasteiger partial charge in [-0.3, -0.25) is 15.5 Å². The van der Waals surface area contributed by atoms with E-state index in [1.54, 1.807) is 0 Å². The predicted molar refractivity (Wildman–Crippen MR) is 73.3 cm³/mol. The maximum Gasteiger partial charge on any atom is 0.271 e. The van der Waals surface area contributed by atoms with Crippen LogP contribution in [0, 0.1) is 10.1 Å². The Hall–Kier alpha value is -3.01. The summed E-state index contributed by atoms with van der Waals surface area (Å²) in [7, 11) is 0. The number of aliphatic hydroxyl groups is 1. The van der Waals surface area contributed by atoms with Crippen molar-refractivity contribution in [2.24, 2.45) is 26.8 Å². The molecule has 0 aliphatic carbocycles. The maximum atomic E-state index is 10.8. The molecular weight excluding hydrogens is 266 g/mol. The highest BCUT2D eigenvalue weighted by molar-refractivity contribution is 6.68. The van der Waals surface area contributed by atoms with Gasteiger partial charge in [-0.15, -0.1) is 10.2 Å². The van der Waals surface area contributed by atoms with E-state index in [2.05, 4.69) is 20.7 Å². The average Bonchev–Trinajstić information content (AvgIpc) is 2.75. The summed E-state index contributed by atoms with van der Waals surface area (Å²) >= 11 is 0. The van der Waals surface area contributed by atoms with E-state index in [4.69, 9.17) is 16.6 Å². The van der Waals surface area contributed by atoms with Gasteiger partial charge in [0.2, 0.25) is 0 Å². The first-order valence-electron chi connectivity index (χ1n) is 5.41. The zero-order valence-electron chi connectivity index (χ0n) is 10.1. The summed E-state index contributed by atoms with van der Waals surface area (Å²) in [5.41, 5.74) is 14.2. The van der Waals surface area contributed by atoms with Crippen molar-refractivity contribution in [2.45, 2.75) is 6.61 Å². The van der Waals surface area contributed by atoms with Crippen LogP contribution in [0.2, 0.25) is 0 Å². The van der Waals surface area contributed by atoms with E-state index in [1.165, 1.54) is 18.2 Å². The minimum absolute atomic E-state index is 0.0443. The Labute approximate surface area is 112 Å². The van der Waals surface area contributed by atoms with Crippen LogP contribution in [-0.4, -0.2) is 27.4 Å². The van der Waals surface area contributed by atoms with E-state index in [1.807, 2.05) is 0 Å². The largest absolute Gasteiger partial charge is 0.392 e. The number of non-ortho nitro benzene ring substituents is 1. The molecule has 0 unspecified atom stereocenters. The SMILES string of the molecule is NC1=NN=C(N)C1=NNc1cc(CO)cc([N+](=O)[O-])c1. The highest BCUT2D eigenvalue weighted by Gasteiger charge is 2.16. The molecule has 104 valence electrons. The van der Waals surface area contributed by atoms with E-state index in [-0.39, 0.29) is 29.7 Å². The van der Waals surface area contributed by atoms with Crippen LogP contribution in [0.1, 0.15) is 5.56 Å². The minimum atomic E-state index is -0.571. The Bertz CT molecular complexity index is 630. The lowest BCUT2D eigenvalue weighted by molar-refractivity contribution is -0.384. The third-order valence-corrected chi connectivity index (χ3v) is 2.42. The Morgan fingerprint density at radius 1 is 1.30 bits per heavy atom. The molecule has 1 heterocycles. The van der Waals surface area contributed by atoms with Gasteiger partial charge in [0, 0.05) is 12.1 Å². The molecule has 0 aromatic heterocycles. The molecule has 0 amide bonds. The van der Waals surface area contributed by atoms with Crippen molar-refractivity contribution in [1.82, 2.24) is 0 Å². The molecule has 2 rings (SSSR count). The fourth-order valence-corrected chi connectivity index (χ4v) is 1.50. The number of nitrogens with zero attached hydrogens (tertiary/aromatic N) is 4. The molecule has 0 saturated heterocycles. The Morgan fingerprint density at radius 3 is 2.50 bits per heavy atom. The van der Waals surface area contributed by atoms with Gasteiger partial charge in [-0.05, 0) is 11.6 Å². The van der Waals surface area contributed by atoms with E-state index >= 15 is 0 Å². The number of nitro benzene ring substituents is 1. The third kappa shape index (κ3) is 2.70. The minimum Gasteiger partial charge on any atom is -0.392 e. The first kappa shape index (κ1) is 13.4. The van der Waals surface area contributed by atoms with Crippen molar-refractivity contribution in [2.75, 3.05) is 5.43 Å². The molecule has 20 heavy (non-hydrogen) atoms. The van der Waals surface area contributed by atoms with Crippen LogP contribution in [0.4, 0.5) is 11.4 Å². The van der Waals surface area contributed by atoms with Gasteiger partial charge in [0.05, 0.1) is 17.2 Å². The van der Waals surface area contributed by atoms with Gasteiger partial charge in [-0.1, -0.05) is 0 Å². The normalized spacial score (nSPS) is 13.8. The topological polar surface area (TPSA) is 165 Å². The molecule has 0 radical (unpaired) electrons. The summed E-state index contributed by atoms with van der Waals surface area (Å²) < 4.78 is 0. The van der Waals surface area contributed by atoms with E-state index in [0.717, 1.165) is 0 Å². The van der Waals surface area contributed by atoms with Gasteiger partial charge >= 0.3 is 0 Å². The fourth-order valence-electron chi connectivity index (χ4n) is 1.50.